The summed E-state index contributed by atoms with van der Waals surface area (Å²) in [5.41, 5.74) is 0.435. The van der Waals surface area contributed by atoms with Crippen LogP contribution in [0.1, 0.15) is 58.3 Å². The molecule has 0 aromatic heterocycles. The second-order valence-electron chi connectivity index (χ2n) is 6.69. The van der Waals surface area contributed by atoms with E-state index in [-0.39, 0.29) is 11.6 Å². The smallest absolute Gasteiger partial charge is 0.333 e. The number of hydrogen-bond donors (Lipinski definition) is 0. The van der Waals surface area contributed by atoms with Gasteiger partial charge in [-0.2, -0.15) is 0 Å². The van der Waals surface area contributed by atoms with Gasteiger partial charge in [-0.1, -0.05) is 19.4 Å². The van der Waals surface area contributed by atoms with Crippen LogP contribution >= 0.6 is 0 Å². The van der Waals surface area contributed by atoms with Crippen molar-refractivity contribution >= 4 is 5.97 Å². The molecule has 0 heterocycles. The van der Waals surface area contributed by atoms with E-state index >= 15 is 0 Å². The Morgan fingerprint density at radius 2 is 1.89 bits per heavy atom. The Morgan fingerprint density at radius 3 is 2.39 bits per heavy atom. The van der Waals surface area contributed by atoms with Crippen LogP contribution in [0.2, 0.25) is 0 Å². The van der Waals surface area contributed by atoms with Crippen LogP contribution in [-0.2, 0) is 9.53 Å². The Bertz CT molecular complexity index is 367. The lowest BCUT2D eigenvalue weighted by molar-refractivity contribution is -0.169. The van der Waals surface area contributed by atoms with Gasteiger partial charge in [0, 0.05) is 5.57 Å². The third kappa shape index (κ3) is 1.81. The first-order valence-corrected chi connectivity index (χ1v) is 7.50. The first kappa shape index (κ1) is 12.3. The van der Waals surface area contributed by atoms with Crippen LogP contribution in [0.15, 0.2) is 12.2 Å². The normalized spacial score (nSPS) is 39.2. The van der Waals surface area contributed by atoms with Gasteiger partial charge >= 0.3 is 5.97 Å². The molecule has 3 saturated carbocycles. The summed E-state index contributed by atoms with van der Waals surface area (Å²) in [4.78, 5) is 12.0. The number of carbonyl (C=O) groups is 1. The maximum absolute atomic E-state index is 12.0. The SMILES string of the molecule is C=C(C)C(=O)OC1(C2CCCC2)CC2CCC1C2. The first-order chi connectivity index (χ1) is 8.62. The van der Waals surface area contributed by atoms with E-state index in [1.54, 1.807) is 6.92 Å². The van der Waals surface area contributed by atoms with Gasteiger partial charge in [0.2, 0.25) is 0 Å². The van der Waals surface area contributed by atoms with Gasteiger partial charge in [-0.25, -0.2) is 4.79 Å². The molecule has 100 valence electrons. The summed E-state index contributed by atoms with van der Waals surface area (Å²) < 4.78 is 6.04. The standard InChI is InChI=1S/C16H24O2/c1-11(2)15(17)18-16(13-5-3-4-6-13)10-12-7-8-14(16)9-12/h12-14H,1,3-10H2,2H3. The van der Waals surface area contributed by atoms with Crippen molar-refractivity contribution in [2.75, 3.05) is 0 Å². The van der Waals surface area contributed by atoms with Gasteiger partial charge in [-0.3, -0.25) is 0 Å². The van der Waals surface area contributed by atoms with E-state index in [2.05, 4.69) is 6.58 Å². The number of fused-ring (bicyclic) bond motifs is 2. The lowest BCUT2D eigenvalue weighted by Gasteiger charge is -2.42. The van der Waals surface area contributed by atoms with E-state index in [0.29, 0.717) is 17.4 Å². The minimum absolute atomic E-state index is 0.116. The van der Waals surface area contributed by atoms with Crippen molar-refractivity contribution in [3.63, 3.8) is 0 Å². The summed E-state index contributed by atoms with van der Waals surface area (Å²) in [6.07, 6.45) is 10.2. The van der Waals surface area contributed by atoms with Crippen molar-refractivity contribution in [2.45, 2.75) is 63.9 Å². The molecule has 3 rings (SSSR count). The van der Waals surface area contributed by atoms with Crippen LogP contribution in [0.25, 0.3) is 0 Å². The fourth-order valence-electron chi connectivity index (χ4n) is 4.70. The fraction of sp³-hybridized carbons (Fsp3) is 0.812. The predicted molar refractivity (Wildman–Crippen MR) is 71.0 cm³/mol. The summed E-state index contributed by atoms with van der Waals surface area (Å²) >= 11 is 0. The molecule has 2 bridgehead atoms. The number of hydrogen-bond acceptors (Lipinski definition) is 2. The van der Waals surface area contributed by atoms with Crippen LogP contribution < -0.4 is 0 Å². The molecule has 0 saturated heterocycles. The Kier molecular flexibility index (Phi) is 2.99. The highest BCUT2D eigenvalue weighted by atomic mass is 16.6. The minimum Gasteiger partial charge on any atom is -0.455 e. The highest BCUT2D eigenvalue weighted by molar-refractivity contribution is 5.87. The third-order valence-electron chi connectivity index (χ3n) is 5.52. The van der Waals surface area contributed by atoms with E-state index < -0.39 is 0 Å². The Labute approximate surface area is 110 Å². The van der Waals surface area contributed by atoms with Crippen molar-refractivity contribution in [3.05, 3.63) is 12.2 Å². The van der Waals surface area contributed by atoms with Crippen LogP contribution in [0, 0.1) is 17.8 Å². The molecule has 18 heavy (non-hydrogen) atoms. The summed E-state index contributed by atoms with van der Waals surface area (Å²) in [7, 11) is 0. The number of rotatable bonds is 3. The highest BCUT2D eigenvalue weighted by Gasteiger charge is 2.57. The average molecular weight is 248 g/mol. The molecule has 0 aliphatic heterocycles. The Balaban J connectivity index is 1.84. The van der Waals surface area contributed by atoms with Gasteiger partial charge in [0.15, 0.2) is 0 Å². The van der Waals surface area contributed by atoms with Gasteiger partial charge in [0.25, 0.3) is 0 Å². The molecule has 0 aromatic carbocycles. The Hall–Kier alpha value is -0.790. The summed E-state index contributed by atoms with van der Waals surface area (Å²) in [6.45, 7) is 5.50. The van der Waals surface area contributed by atoms with E-state index in [1.807, 2.05) is 0 Å². The number of esters is 1. The first-order valence-electron chi connectivity index (χ1n) is 7.50. The maximum Gasteiger partial charge on any atom is 0.333 e. The molecule has 2 heteroatoms. The molecule has 3 atom stereocenters. The second-order valence-corrected chi connectivity index (χ2v) is 6.69. The van der Waals surface area contributed by atoms with Gasteiger partial charge in [-0.05, 0) is 63.2 Å². The predicted octanol–water partition coefficient (Wildman–Crippen LogP) is 3.85. The van der Waals surface area contributed by atoms with Crippen LogP contribution in [-0.4, -0.2) is 11.6 Å². The Morgan fingerprint density at radius 1 is 1.17 bits per heavy atom. The van der Waals surface area contributed by atoms with Gasteiger partial charge in [0.1, 0.15) is 5.60 Å². The molecular formula is C16H24O2. The highest BCUT2D eigenvalue weighted by Crippen LogP contribution is 2.58. The molecule has 3 aliphatic carbocycles. The maximum atomic E-state index is 12.0. The van der Waals surface area contributed by atoms with Gasteiger partial charge in [0.05, 0.1) is 0 Å². The molecule has 0 aromatic rings. The molecule has 3 aliphatic rings. The average Bonchev–Trinajstić information content (AvgIpc) is 3.05. The summed E-state index contributed by atoms with van der Waals surface area (Å²) in [6, 6.07) is 0. The van der Waals surface area contributed by atoms with Crippen LogP contribution in [0.5, 0.6) is 0 Å². The zero-order chi connectivity index (χ0) is 12.8. The van der Waals surface area contributed by atoms with E-state index in [4.69, 9.17) is 4.74 Å². The third-order valence-corrected chi connectivity index (χ3v) is 5.52. The molecule has 3 fully saturated rings. The quantitative estimate of drug-likeness (QED) is 0.560. The summed E-state index contributed by atoms with van der Waals surface area (Å²) in [5, 5.41) is 0. The van der Waals surface area contributed by atoms with Crippen LogP contribution in [0.4, 0.5) is 0 Å². The number of ether oxygens (including phenoxy) is 1. The lowest BCUT2D eigenvalue weighted by atomic mass is 9.73. The van der Waals surface area contributed by atoms with E-state index in [9.17, 15) is 4.79 Å². The molecule has 0 spiro atoms. The van der Waals surface area contributed by atoms with Gasteiger partial charge in [-0.15, -0.1) is 0 Å². The van der Waals surface area contributed by atoms with Crippen molar-refractivity contribution in [1.29, 1.82) is 0 Å². The van der Waals surface area contributed by atoms with Crippen molar-refractivity contribution < 1.29 is 9.53 Å². The molecule has 0 radical (unpaired) electrons. The fourth-order valence-corrected chi connectivity index (χ4v) is 4.70. The largest absolute Gasteiger partial charge is 0.455 e. The zero-order valence-electron chi connectivity index (χ0n) is 11.4. The minimum atomic E-state index is -0.158. The van der Waals surface area contributed by atoms with Crippen molar-refractivity contribution in [3.8, 4) is 0 Å². The van der Waals surface area contributed by atoms with Crippen molar-refractivity contribution in [1.82, 2.24) is 0 Å². The molecule has 0 amide bonds. The molecular weight excluding hydrogens is 224 g/mol. The summed E-state index contributed by atoms with van der Waals surface area (Å²) in [5.74, 6) is 1.91. The number of carbonyl (C=O) groups excluding carboxylic acids is 1. The topological polar surface area (TPSA) is 26.3 Å². The second kappa shape index (κ2) is 4.40. The molecule has 0 N–H and O–H groups in total. The van der Waals surface area contributed by atoms with Crippen molar-refractivity contribution in [2.24, 2.45) is 17.8 Å². The van der Waals surface area contributed by atoms with Crippen LogP contribution in [0.3, 0.4) is 0 Å². The van der Waals surface area contributed by atoms with Gasteiger partial charge < -0.3 is 4.74 Å². The lowest BCUT2D eigenvalue weighted by Crippen LogP contribution is -2.46. The molecule has 2 nitrogen and oxygen atoms in total. The van der Waals surface area contributed by atoms with E-state index in [1.165, 1.54) is 44.9 Å². The monoisotopic (exact) mass is 248 g/mol. The van der Waals surface area contributed by atoms with E-state index in [0.717, 1.165) is 12.3 Å². The zero-order valence-corrected chi connectivity index (χ0v) is 11.4. The molecule has 3 unspecified atom stereocenters.